The van der Waals surface area contributed by atoms with E-state index >= 15 is 0 Å². The molecule has 1 atom stereocenters. The van der Waals surface area contributed by atoms with Crippen molar-refractivity contribution >= 4 is 5.97 Å². The normalized spacial score (nSPS) is 11.9. The number of hydrogen-bond donors (Lipinski definition) is 1. The maximum Gasteiger partial charge on any atom is 0.302 e. The van der Waals surface area contributed by atoms with Gasteiger partial charge in [0.05, 0.1) is 7.11 Å². The molecule has 0 unspecified atom stereocenters. The number of ether oxygens (including phenoxy) is 2. The van der Waals surface area contributed by atoms with E-state index in [4.69, 9.17) is 9.47 Å². The molecule has 0 bridgehead atoms. The van der Waals surface area contributed by atoms with Gasteiger partial charge in [-0.25, -0.2) is 0 Å². The van der Waals surface area contributed by atoms with Crippen LogP contribution in [-0.4, -0.2) is 24.8 Å². The zero-order valence-corrected chi connectivity index (χ0v) is 8.77. The highest BCUT2D eigenvalue weighted by atomic mass is 16.5. The first kappa shape index (κ1) is 11.5. The Balaban J connectivity index is 2.57. The summed E-state index contributed by atoms with van der Waals surface area (Å²) < 4.78 is 9.67. The van der Waals surface area contributed by atoms with E-state index in [2.05, 4.69) is 0 Å². The third kappa shape index (κ3) is 3.59. The Bertz CT molecular complexity index is 318. The molecule has 0 aliphatic heterocycles. The van der Waals surface area contributed by atoms with Gasteiger partial charge in [0.25, 0.3) is 0 Å². The first-order chi connectivity index (χ1) is 7.13. The zero-order chi connectivity index (χ0) is 11.3. The Kier molecular flexibility index (Phi) is 4.12. The molecule has 4 heteroatoms. The monoisotopic (exact) mass is 210 g/mol. The van der Waals surface area contributed by atoms with Gasteiger partial charge < -0.3 is 14.6 Å². The number of hydrogen-bond acceptors (Lipinski definition) is 4. The maximum atomic E-state index is 10.5. The maximum absolute atomic E-state index is 10.5. The van der Waals surface area contributed by atoms with E-state index < -0.39 is 12.1 Å². The van der Waals surface area contributed by atoms with E-state index in [0.717, 1.165) is 5.75 Å². The average molecular weight is 210 g/mol. The Hall–Kier alpha value is -1.55. The molecule has 0 saturated heterocycles. The van der Waals surface area contributed by atoms with Gasteiger partial charge in [-0.3, -0.25) is 4.79 Å². The number of carbonyl (C=O) groups is 1. The van der Waals surface area contributed by atoms with Crippen LogP contribution in [0.2, 0.25) is 0 Å². The van der Waals surface area contributed by atoms with Crippen molar-refractivity contribution in [1.29, 1.82) is 0 Å². The molecule has 0 spiro atoms. The second-order valence-corrected chi connectivity index (χ2v) is 3.09. The molecule has 1 rings (SSSR count). The van der Waals surface area contributed by atoms with Gasteiger partial charge in [-0.2, -0.15) is 0 Å². The smallest absolute Gasteiger partial charge is 0.302 e. The Morgan fingerprint density at radius 1 is 1.40 bits per heavy atom. The summed E-state index contributed by atoms with van der Waals surface area (Å²) in [6.07, 6.45) is -0.792. The van der Waals surface area contributed by atoms with Gasteiger partial charge in [-0.15, -0.1) is 0 Å². The number of esters is 1. The third-order valence-electron chi connectivity index (χ3n) is 1.95. The molecule has 4 nitrogen and oxygen atoms in total. The Morgan fingerprint density at radius 3 is 2.47 bits per heavy atom. The summed E-state index contributed by atoms with van der Waals surface area (Å²) in [6, 6.07) is 6.94. The zero-order valence-electron chi connectivity index (χ0n) is 8.77. The van der Waals surface area contributed by atoms with Crippen molar-refractivity contribution in [2.24, 2.45) is 0 Å². The van der Waals surface area contributed by atoms with Gasteiger partial charge in [0.15, 0.2) is 0 Å². The molecule has 15 heavy (non-hydrogen) atoms. The molecule has 0 radical (unpaired) electrons. The first-order valence-electron chi connectivity index (χ1n) is 4.59. The van der Waals surface area contributed by atoms with Crippen LogP contribution in [0.3, 0.4) is 0 Å². The fourth-order valence-corrected chi connectivity index (χ4v) is 1.12. The lowest BCUT2D eigenvalue weighted by atomic mass is 10.1. The van der Waals surface area contributed by atoms with Crippen LogP contribution in [0.15, 0.2) is 24.3 Å². The molecule has 1 N–H and O–H groups in total. The number of methoxy groups -OCH3 is 1. The Labute approximate surface area is 88.4 Å². The fourth-order valence-electron chi connectivity index (χ4n) is 1.12. The molecule has 1 aromatic rings. The van der Waals surface area contributed by atoms with Crippen LogP contribution >= 0.6 is 0 Å². The predicted octanol–water partition coefficient (Wildman–Crippen LogP) is 1.29. The largest absolute Gasteiger partial charge is 0.497 e. The summed E-state index contributed by atoms with van der Waals surface area (Å²) in [5.74, 6) is 0.320. The third-order valence-corrected chi connectivity index (χ3v) is 1.95. The van der Waals surface area contributed by atoms with Crippen LogP contribution in [0.25, 0.3) is 0 Å². The number of rotatable bonds is 4. The minimum atomic E-state index is -0.792. The molecule has 0 amide bonds. The molecule has 82 valence electrons. The summed E-state index contributed by atoms with van der Waals surface area (Å²) >= 11 is 0. The summed E-state index contributed by atoms with van der Waals surface area (Å²) in [7, 11) is 1.57. The number of aliphatic hydroxyl groups excluding tert-OH is 1. The van der Waals surface area contributed by atoms with E-state index in [9.17, 15) is 9.90 Å². The lowest BCUT2D eigenvalue weighted by molar-refractivity contribution is -0.144. The SMILES string of the molecule is COc1ccc([C@H](O)COC(C)=O)cc1. The van der Waals surface area contributed by atoms with E-state index in [-0.39, 0.29) is 6.61 Å². The van der Waals surface area contributed by atoms with E-state index in [1.165, 1.54) is 6.92 Å². The molecule has 0 aliphatic rings. The topological polar surface area (TPSA) is 55.8 Å². The van der Waals surface area contributed by atoms with Gasteiger partial charge in [0, 0.05) is 6.92 Å². The molecular weight excluding hydrogens is 196 g/mol. The minimum absolute atomic E-state index is 0.0261. The van der Waals surface area contributed by atoms with Gasteiger partial charge >= 0.3 is 5.97 Å². The van der Waals surface area contributed by atoms with Crippen molar-refractivity contribution < 1.29 is 19.4 Å². The van der Waals surface area contributed by atoms with E-state index in [1.54, 1.807) is 31.4 Å². The lowest BCUT2D eigenvalue weighted by Crippen LogP contribution is -2.09. The number of aliphatic hydroxyl groups is 1. The second-order valence-electron chi connectivity index (χ2n) is 3.09. The number of carbonyl (C=O) groups excluding carboxylic acids is 1. The number of benzene rings is 1. The molecular formula is C11H14O4. The van der Waals surface area contributed by atoms with Crippen molar-refractivity contribution in [3.05, 3.63) is 29.8 Å². The quantitative estimate of drug-likeness (QED) is 0.761. The van der Waals surface area contributed by atoms with Crippen molar-refractivity contribution in [1.82, 2.24) is 0 Å². The standard InChI is InChI=1S/C11H14O4/c1-8(12)15-7-11(13)9-3-5-10(14-2)6-4-9/h3-6,11,13H,7H2,1-2H3/t11-/m1/s1. The highest BCUT2D eigenvalue weighted by Crippen LogP contribution is 2.17. The first-order valence-corrected chi connectivity index (χ1v) is 4.59. The lowest BCUT2D eigenvalue weighted by Gasteiger charge is -2.11. The summed E-state index contributed by atoms with van der Waals surface area (Å²) in [6.45, 7) is 1.28. The fraction of sp³-hybridized carbons (Fsp3) is 0.364. The van der Waals surface area contributed by atoms with Crippen LogP contribution < -0.4 is 4.74 Å². The van der Waals surface area contributed by atoms with Gasteiger partial charge in [0.1, 0.15) is 18.5 Å². The summed E-state index contributed by atoms with van der Waals surface area (Å²) in [5.41, 5.74) is 0.692. The summed E-state index contributed by atoms with van der Waals surface area (Å²) in [5, 5.41) is 9.61. The summed E-state index contributed by atoms with van der Waals surface area (Å²) in [4.78, 5) is 10.5. The van der Waals surface area contributed by atoms with Crippen molar-refractivity contribution in [3.8, 4) is 5.75 Å². The molecule has 0 heterocycles. The van der Waals surface area contributed by atoms with Gasteiger partial charge in [-0.1, -0.05) is 12.1 Å². The minimum Gasteiger partial charge on any atom is -0.497 e. The predicted molar refractivity (Wildman–Crippen MR) is 54.6 cm³/mol. The highest BCUT2D eigenvalue weighted by molar-refractivity contribution is 5.65. The van der Waals surface area contributed by atoms with Crippen LogP contribution in [0.5, 0.6) is 5.75 Å². The van der Waals surface area contributed by atoms with Gasteiger partial charge in [-0.05, 0) is 17.7 Å². The molecule has 0 saturated carbocycles. The van der Waals surface area contributed by atoms with E-state index in [0.29, 0.717) is 5.56 Å². The van der Waals surface area contributed by atoms with Crippen LogP contribution in [-0.2, 0) is 9.53 Å². The van der Waals surface area contributed by atoms with Crippen molar-refractivity contribution in [3.63, 3.8) is 0 Å². The molecule has 0 fully saturated rings. The second kappa shape index (κ2) is 5.36. The van der Waals surface area contributed by atoms with Crippen molar-refractivity contribution in [2.75, 3.05) is 13.7 Å². The van der Waals surface area contributed by atoms with Crippen LogP contribution in [0.1, 0.15) is 18.6 Å². The van der Waals surface area contributed by atoms with Crippen LogP contribution in [0.4, 0.5) is 0 Å². The van der Waals surface area contributed by atoms with Gasteiger partial charge in [0.2, 0.25) is 0 Å². The average Bonchev–Trinajstić information content (AvgIpc) is 2.26. The highest BCUT2D eigenvalue weighted by Gasteiger charge is 2.08. The molecule has 0 aliphatic carbocycles. The van der Waals surface area contributed by atoms with E-state index in [1.807, 2.05) is 0 Å². The molecule has 1 aromatic carbocycles. The van der Waals surface area contributed by atoms with Crippen molar-refractivity contribution in [2.45, 2.75) is 13.0 Å². The Morgan fingerprint density at radius 2 is 2.00 bits per heavy atom. The molecule has 0 aromatic heterocycles. The van der Waals surface area contributed by atoms with Crippen LogP contribution in [0, 0.1) is 0 Å².